The summed E-state index contributed by atoms with van der Waals surface area (Å²) in [6.07, 6.45) is 1.11. The molecular formula is C16H18F2N2O4S. The second kappa shape index (κ2) is 8.80. The van der Waals surface area contributed by atoms with Gasteiger partial charge in [0.2, 0.25) is 11.8 Å². The Morgan fingerprint density at radius 2 is 2.08 bits per heavy atom. The summed E-state index contributed by atoms with van der Waals surface area (Å²) in [5.74, 6) is -3.41. The standard InChI is InChI=1S/C16H18F2N2O4S/c17-11-4-3-10(12(18)6-11)7-20-5-1-2-13(16(20)24)19-14(21)8-25-9-15(22)23/h3-4,6,13H,1-2,5,7-9H2,(H,19,21)(H,22,23). The lowest BCUT2D eigenvalue weighted by Crippen LogP contribution is -2.52. The first-order valence-electron chi connectivity index (χ1n) is 7.68. The number of carbonyl (C=O) groups excluding carboxylic acids is 2. The van der Waals surface area contributed by atoms with E-state index in [0.29, 0.717) is 19.4 Å². The van der Waals surface area contributed by atoms with Gasteiger partial charge in [0.05, 0.1) is 11.5 Å². The molecule has 0 saturated carbocycles. The van der Waals surface area contributed by atoms with Crippen LogP contribution in [0.25, 0.3) is 0 Å². The normalized spacial score (nSPS) is 17.4. The van der Waals surface area contributed by atoms with Crippen LogP contribution in [0.4, 0.5) is 8.78 Å². The molecule has 0 bridgehead atoms. The van der Waals surface area contributed by atoms with E-state index in [9.17, 15) is 23.2 Å². The zero-order valence-corrected chi connectivity index (χ0v) is 14.2. The lowest BCUT2D eigenvalue weighted by molar-refractivity contribution is -0.139. The van der Waals surface area contributed by atoms with Gasteiger partial charge in [-0.15, -0.1) is 11.8 Å². The van der Waals surface area contributed by atoms with Gasteiger partial charge in [-0.25, -0.2) is 8.78 Å². The molecule has 0 aliphatic carbocycles. The minimum atomic E-state index is -1.01. The number of halogens is 2. The Kier molecular flexibility index (Phi) is 6.74. The Labute approximate surface area is 147 Å². The van der Waals surface area contributed by atoms with Gasteiger partial charge in [-0.3, -0.25) is 14.4 Å². The van der Waals surface area contributed by atoms with Gasteiger partial charge in [-0.2, -0.15) is 0 Å². The molecule has 2 N–H and O–H groups in total. The molecule has 2 amide bonds. The molecule has 1 aromatic rings. The van der Waals surface area contributed by atoms with E-state index in [1.807, 2.05) is 0 Å². The number of carboxylic acid groups (broad SMARTS) is 1. The molecule has 136 valence electrons. The minimum Gasteiger partial charge on any atom is -0.481 e. The molecule has 2 rings (SSSR count). The van der Waals surface area contributed by atoms with Crippen molar-refractivity contribution in [3.8, 4) is 0 Å². The molecule has 6 nitrogen and oxygen atoms in total. The molecule has 1 fully saturated rings. The fraction of sp³-hybridized carbons (Fsp3) is 0.438. The number of amides is 2. The number of aliphatic carboxylic acids is 1. The Bertz CT molecular complexity index is 672. The number of piperidine rings is 1. The topological polar surface area (TPSA) is 86.7 Å². The summed E-state index contributed by atoms with van der Waals surface area (Å²) in [5.41, 5.74) is 0.207. The van der Waals surface area contributed by atoms with Gasteiger partial charge in [0.1, 0.15) is 17.7 Å². The van der Waals surface area contributed by atoms with Crippen LogP contribution in [0, 0.1) is 11.6 Å². The Hall–Kier alpha value is -2.16. The molecule has 1 aromatic carbocycles. The summed E-state index contributed by atoms with van der Waals surface area (Å²) in [7, 11) is 0. The quantitative estimate of drug-likeness (QED) is 0.755. The number of benzene rings is 1. The van der Waals surface area contributed by atoms with Crippen LogP contribution in [-0.2, 0) is 20.9 Å². The number of thioether (sulfide) groups is 1. The SMILES string of the molecule is O=C(O)CSCC(=O)NC1CCCN(Cc2ccc(F)cc2F)C1=O. The number of likely N-dealkylation sites (tertiary alicyclic amines) is 1. The smallest absolute Gasteiger partial charge is 0.313 e. The molecular weight excluding hydrogens is 354 g/mol. The van der Waals surface area contributed by atoms with E-state index in [1.165, 1.54) is 11.0 Å². The average Bonchev–Trinajstić information content (AvgIpc) is 2.53. The van der Waals surface area contributed by atoms with Gasteiger partial charge in [-0.1, -0.05) is 6.07 Å². The van der Waals surface area contributed by atoms with Gasteiger partial charge in [0.25, 0.3) is 0 Å². The predicted octanol–water partition coefficient (Wildman–Crippen LogP) is 1.39. The number of carboxylic acids is 1. The lowest BCUT2D eigenvalue weighted by Gasteiger charge is -2.32. The van der Waals surface area contributed by atoms with Crippen LogP contribution < -0.4 is 5.32 Å². The van der Waals surface area contributed by atoms with Crippen molar-refractivity contribution in [1.29, 1.82) is 0 Å². The maximum absolute atomic E-state index is 13.7. The maximum Gasteiger partial charge on any atom is 0.313 e. The third-order valence-corrected chi connectivity index (χ3v) is 4.62. The second-order valence-electron chi connectivity index (χ2n) is 5.64. The van der Waals surface area contributed by atoms with Crippen LogP contribution in [0.1, 0.15) is 18.4 Å². The van der Waals surface area contributed by atoms with Crippen LogP contribution in [0.15, 0.2) is 18.2 Å². The molecule has 9 heteroatoms. The highest BCUT2D eigenvalue weighted by molar-refractivity contribution is 8.00. The van der Waals surface area contributed by atoms with Crippen molar-refractivity contribution < 1.29 is 28.3 Å². The molecule has 1 aliphatic rings. The summed E-state index contributed by atoms with van der Waals surface area (Å²) in [6, 6.07) is 2.48. The van der Waals surface area contributed by atoms with Gasteiger partial charge < -0.3 is 15.3 Å². The third kappa shape index (κ3) is 5.70. The maximum atomic E-state index is 13.7. The Balaban J connectivity index is 1.91. The fourth-order valence-electron chi connectivity index (χ4n) is 2.55. The summed E-state index contributed by atoms with van der Waals surface area (Å²) in [6.45, 7) is 0.431. The summed E-state index contributed by atoms with van der Waals surface area (Å²) in [5, 5.41) is 11.1. The monoisotopic (exact) mass is 372 g/mol. The third-order valence-electron chi connectivity index (χ3n) is 3.70. The summed E-state index contributed by atoms with van der Waals surface area (Å²) in [4.78, 5) is 36.1. The molecule has 0 spiro atoms. The van der Waals surface area contributed by atoms with Crippen LogP contribution in [-0.4, -0.2) is 51.9 Å². The predicted molar refractivity (Wildman–Crippen MR) is 87.9 cm³/mol. The zero-order chi connectivity index (χ0) is 18.4. The van der Waals surface area contributed by atoms with Crippen molar-refractivity contribution in [2.24, 2.45) is 0 Å². The van der Waals surface area contributed by atoms with Crippen molar-refractivity contribution in [3.05, 3.63) is 35.4 Å². The van der Waals surface area contributed by atoms with Crippen molar-refractivity contribution in [3.63, 3.8) is 0 Å². The van der Waals surface area contributed by atoms with E-state index < -0.39 is 29.6 Å². The van der Waals surface area contributed by atoms with Gasteiger partial charge in [0.15, 0.2) is 0 Å². The van der Waals surface area contributed by atoms with Crippen LogP contribution in [0.3, 0.4) is 0 Å². The van der Waals surface area contributed by atoms with E-state index in [-0.39, 0.29) is 29.5 Å². The zero-order valence-electron chi connectivity index (χ0n) is 13.3. The molecule has 1 heterocycles. The first kappa shape index (κ1) is 19.2. The van der Waals surface area contributed by atoms with E-state index in [2.05, 4.69) is 5.32 Å². The van der Waals surface area contributed by atoms with Gasteiger partial charge in [-0.05, 0) is 18.9 Å². The molecule has 1 aliphatic heterocycles. The number of carbonyl (C=O) groups is 3. The average molecular weight is 372 g/mol. The number of nitrogens with one attached hydrogen (secondary N) is 1. The van der Waals surface area contributed by atoms with E-state index in [1.54, 1.807) is 0 Å². The van der Waals surface area contributed by atoms with Crippen molar-refractivity contribution in [2.75, 3.05) is 18.1 Å². The number of hydrogen-bond donors (Lipinski definition) is 2. The van der Waals surface area contributed by atoms with E-state index >= 15 is 0 Å². The van der Waals surface area contributed by atoms with Crippen LogP contribution in [0.2, 0.25) is 0 Å². The van der Waals surface area contributed by atoms with Crippen molar-refractivity contribution in [2.45, 2.75) is 25.4 Å². The molecule has 1 atom stereocenters. The Morgan fingerprint density at radius 3 is 2.76 bits per heavy atom. The summed E-state index contributed by atoms with van der Waals surface area (Å²) < 4.78 is 26.7. The molecule has 1 unspecified atom stereocenters. The van der Waals surface area contributed by atoms with Crippen molar-refractivity contribution in [1.82, 2.24) is 10.2 Å². The number of hydrogen-bond acceptors (Lipinski definition) is 4. The first-order valence-corrected chi connectivity index (χ1v) is 8.84. The molecule has 25 heavy (non-hydrogen) atoms. The second-order valence-corrected chi connectivity index (χ2v) is 6.63. The highest BCUT2D eigenvalue weighted by atomic mass is 32.2. The lowest BCUT2D eigenvalue weighted by atomic mass is 10.0. The Morgan fingerprint density at radius 1 is 1.32 bits per heavy atom. The minimum absolute atomic E-state index is 0.00504. The van der Waals surface area contributed by atoms with Gasteiger partial charge >= 0.3 is 5.97 Å². The van der Waals surface area contributed by atoms with Gasteiger partial charge in [0, 0.05) is 24.7 Å². The first-order chi connectivity index (χ1) is 11.9. The number of rotatable bonds is 7. The highest BCUT2D eigenvalue weighted by Crippen LogP contribution is 2.18. The molecule has 1 saturated heterocycles. The molecule has 0 aromatic heterocycles. The largest absolute Gasteiger partial charge is 0.481 e. The van der Waals surface area contributed by atoms with Crippen molar-refractivity contribution >= 4 is 29.5 Å². The van der Waals surface area contributed by atoms with Crippen LogP contribution in [0.5, 0.6) is 0 Å². The molecule has 0 radical (unpaired) electrons. The number of nitrogens with zero attached hydrogens (tertiary/aromatic N) is 1. The summed E-state index contributed by atoms with van der Waals surface area (Å²) >= 11 is 0.944. The fourth-order valence-corrected chi connectivity index (χ4v) is 3.10. The van der Waals surface area contributed by atoms with Crippen LogP contribution >= 0.6 is 11.8 Å². The van der Waals surface area contributed by atoms with E-state index in [0.717, 1.165) is 23.9 Å². The van der Waals surface area contributed by atoms with E-state index in [4.69, 9.17) is 5.11 Å². The highest BCUT2D eigenvalue weighted by Gasteiger charge is 2.30.